The van der Waals surface area contributed by atoms with Crippen LogP contribution in [0.2, 0.25) is 0 Å². The molecule has 0 aliphatic carbocycles. The van der Waals surface area contributed by atoms with E-state index >= 15 is 0 Å². The molecule has 0 spiro atoms. The maximum Gasteiger partial charge on any atom is 0.326 e. The highest BCUT2D eigenvalue weighted by Crippen LogP contribution is 2.23. The molecule has 1 heterocycles. The van der Waals surface area contributed by atoms with Gasteiger partial charge in [-0.2, -0.15) is 0 Å². The number of carbonyl (C=O) groups is 3. The van der Waals surface area contributed by atoms with Gasteiger partial charge in [0.05, 0.1) is 0 Å². The number of hydrogen-bond donors (Lipinski definition) is 1. The predicted octanol–water partition coefficient (Wildman–Crippen LogP) is 1.02. The fourth-order valence-electron chi connectivity index (χ4n) is 1.90. The molecule has 16 heavy (non-hydrogen) atoms. The van der Waals surface area contributed by atoms with Crippen molar-refractivity contribution in [3.8, 4) is 0 Å². The summed E-state index contributed by atoms with van der Waals surface area (Å²) in [5.74, 6) is -2.19. The smallest absolute Gasteiger partial charge is 0.326 e. The Morgan fingerprint density at radius 3 is 2.56 bits per heavy atom. The highest BCUT2D eigenvalue weighted by atomic mass is 16.4. The van der Waals surface area contributed by atoms with Gasteiger partial charge in [0.25, 0.3) is 0 Å². The first kappa shape index (κ1) is 12.7. The molecule has 5 nitrogen and oxygen atoms in total. The maximum absolute atomic E-state index is 11.7. The summed E-state index contributed by atoms with van der Waals surface area (Å²) in [5, 5.41) is 9.04. The van der Waals surface area contributed by atoms with Crippen LogP contribution in [0.4, 0.5) is 0 Å². The molecule has 1 aliphatic heterocycles. The first-order valence-corrected chi connectivity index (χ1v) is 5.57. The Labute approximate surface area is 94.4 Å². The van der Waals surface area contributed by atoms with Crippen molar-refractivity contribution in [3.63, 3.8) is 0 Å². The van der Waals surface area contributed by atoms with Gasteiger partial charge in [0.2, 0.25) is 11.8 Å². The van der Waals surface area contributed by atoms with Crippen LogP contribution in [0, 0.1) is 5.92 Å². The van der Waals surface area contributed by atoms with Crippen LogP contribution in [0.3, 0.4) is 0 Å². The molecule has 5 heteroatoms. The second-order valence-electron chi connectivity index (χ2n) is 4.20. The summed E-state index contributed by atoms with van der Waals surface area (Å²) in [6.07, 6.45) is 2.02. The van der Waals surface area contributed by atoms with Crippen molar-refractivity contribution in [2.45, 2.75) is 45.6 Å². The lowest BCUT2D eigenvalue weighted by atomic mass is 10.1. The summed E-state index contributed by atoms with van der Waals surface area (Å²) < 4.78 is 0. The van der Waals surface area contributed by atoms with Crippen LogP contribution in [0.1, 0.15) is 39.5 Å². The molecule has 0 aromatic carbocycles. The number of unbranched alkanes of at least 4 members (excludes halogenated alkanes) is 1. The van der Waals surface area contributed by atoms with Gasteiger partial charge in [-0.05, 0) is 6.42 Å². The fourth-order valence-corrected chi connectivity index (χ4v) is 1.90. The van der Waals surface area contributed by atoms with E-state index in [2.05, 4.69) is 0 Å². The molecule has 0 aromatic rings. The molecule has 2 atom stereocenters. The molecular formula is C11H17NO4. The Hall–Kier alpha value is -1.39. The van der Waals surface area contributed by atoms with Gasteiger partial charge >= 0.3 is 5.97 Å². The molecule has 1 aliphatic rings. The van der Waals surface area contributed by atoms with Crippen molar-refractivity contribution < 1.29 is 19.5 Å². The zero-order chi connectivity index (χ0) is 12.3. The SMILES string of the molecule is CCCCC(C(=O)O)N1C(=O)CC(C)C1=O. The fraction of sp³-hybridized carbons (Fsp3) is 0.727. The zero-order valence-electron chi connectivity index (χ0n) is 9.60. The van der Waals surface area contributed by atoms with E-state index in [1.807, 2.05) is 6.92 Å². The van der Waals surface area contributed by atoms with Gasteiger partial charge in [-0.25, -0.2) is 4.79 Å². The monoisotopic (exact) mass is 227 g/mol. The molecule has 1 fully saturated rings. The van der Waals surface area contributed by atoms with Gasteiger partial charge in [-0.1, -0.05) is 26.7 Å². The van der Waals surface area contributed by atoms with Crippen LogP contribution in [0.5, 0.6) is 0 Å². The minimum Gasteiger partial charge on any atom is -0.480 e. The van der Waals surface area contributed by atoms with E-state index in [4.69, 9.17) is 5.11 Å². The summed E-state index contributed by atoms with van der Waals surface area (Å²) in [4.78, 5) is 35.2. The van der Waals surface area contributed by atoms with Crippen molar-refractivity contribution in [1.82, 2.24) is 4.90 Å². The van der Waals surface area contributed by atoms with Crippen LogP contribution in [-0.4, -0.2) is 33.8 Å². The molecular weight excluding hydrogens is 210 g/mol. The number of imide groups is 1. The third-order valence-corrected chi connectivity index (χ3v) is 2.84. The predicted molar refractivity (Wildman–Crippen MR) is 56.6 cm³/mol. The number of hydrogen-bond acceptors (Lipinski definition) is 3. The summed E-state index contributed by atoms with van der Waals surface area (Å²) in [6.45, 7) is 3.59. The Morgan fingerprint density at radius 2 is 2.19 bits per heavy atom. The highest BCUT2D eigenvalue weighted by molar-refractivity contribution is 6.06. The van der Waals surface area contributed by atoms with Crippen molar-refractivity contribution in [1.29, 1.82) is 0 Å². The molecule has 0 radical (unpaired) electrons. The van der Waals surface area contributed by atoms with Crippen LogP contribution in [0.25, 0.3) is 0 Å². The van der Waals surface area contributed by atoms with E-state index in [1.165, 1.54) is 0 Å². The molecule has 2 unspecified atom stereocenters. The molecule has 2 amide bonds. The molecule has 0 aromatic heterocycles. The van der Waals surface area contributed by atoms with Crippen molar-refractivity contribution in [2.75, 3.05) is 0 Å². The van der Waals surface area contributed by atoms with E-state index in [9.17, 15) is 14.4 Å². The highest BCUT2D eigenvalue weighted by Gasteiger charge is 2.42. The van der Waals surface area contributed by atoms with Gasteiger partial charge in [-0.3, -0.25) is 14.5 Å². The topological polar surface area (TPSA) is 74.7 Å². The number of carboxylic acid groups (broad SMARTS) is 1. The molecule has 90 valence electrons. The van der Waals surface area contributed by atoms with Crippen LogP contribution < -0.4 is 0 Å². The number of nitrogens with zero attached hydrogens (tertiary/aromatic N) is 1. The van der Waals surface area contributed by atoms with Gasteiger partial charge in [0.1, 0.15) is 6.04 Å². The summed E-state index contributed by atoms with van der Waals surface area (Å²) in [7, 11) is 0. The standard InChI is InChI=1S/C11H17NO4/c1-3-4-5-8(11(15)16)12-9(13)6-7(2)10(12)14/h7-8H,3-6H2,1-2H3,(H,15,16). The summed E-state index contributed by atoms with van der Waals surface area (Å²) in [6, 6.07) is -0.982. The lowest BCUT2D eigenvalue weighted by Gasteiger charge is -2.22. The first-order valence-electron chi connectivity index (χ1n) is 5.57. The van der Waals surface area contributed by atoms with E-state index in [0.29, 0.717) is 12.8 Å². The van der Waals surface area contributed by atoms with Gasteiger partial charge in [0, 0.05) is 12.3 Å². The molecule has 1 N–H and O–H groups in total. The largest absolute Gasteiger partial charge is 0.480 e. The van der Waals surface area contributed by atoms with Crippen LogP contribution in [-0.2, 0) is 14.4 Å². The molecule has 1 saturated heterocycles. The Morgan fingerprint density at radius 1 is 1.56 bits per heavy atom. The molecule has 0 saturated carbocycles. The lowest BCUT2D eigenvalue weighted by molar-refractivity contribution is -0.155. The third-order valence-electron chi connectivity index (χ3n) is 2.84. The molecule has 0 bridgehead atoms. The van der Waals surface area contributed by atoms with E-state index in [0.717, 1.165) is 11.3 Å². The minimum atomic E-state index is -1.09. The average molecular weight is 227 g/mol. The van der Waals surface area contributed by atoms with E-state index < -0.39 is 12.0 Å². The Bertz CT molecular complexity index is 313. The normalized spacial score (nSPS) is 22.6. The van der Waals surface area contributed by atoms with E-state index in [-0.39, 0.29) is 24.2 Å². The number of rotatable bonds is 5. The quantitative estimate of drug-likeness (QED) is 0.712. The second kappa shape index (κ2) is 5.09. The van der Waals surface area contributed by atoms with Crippen LogP contribution >= 0.6 is 0 Å². The maximum atomic E-state index is 11.7. The Kier molecular flexibility index (Phi) is 4.04. The van der Waals surface area contributed by atoms with Crippen LogP contribution in [0.15, 0.2) is 0 Å². The lowest BCUT2D eigenvalue weighted by Crippen LogP contribution is -2.45. The van der Waals surface area contributed by atoms with E-state index in [1.54, 1.807) is 6.92 Å². The number of carboxylic acids is 1. The number of aliphatic carboxylic acids is 1. The summed E-state index contributed by atoms with van der Waals surface area (Å²) in [5.41, 5.74) is 0. The Balaban J connectivity index is 2.81. The number of amides is 2. The van der Waals surface area contributed by atoms with Crippen molar-refractivity contribution in [2.24, 2.45) is 5.92 Å². The minimum absolute atomic E-state index is 0.134. The van der Waals surface area contributed by atoms with Gasteiger partial charge in [0.15, 0.2) is 0 Å². The third kappa shape index (κ3) is 2.40. The first-order chi connectivity index (χ1) is 7.49. The second-order valence-corrected chi connectivity index (χ2v) is 4.20. The van der Waals surface area contributed by atoms with Gasteiger partial charge in [-0.15, -0.1) is 0 Å². The van der Waals surface area contributed by atoms with Gasteiger partial charge < -0.3 is 5.11 Å². The number of likely N-dealkylation sites (tertiary alicyclic amines) is 1. The average Bonchev–Trinajstić information content (AvgIpc) is 2.44. The van der Waals surface area contributed by atoms with Crippen molar-refractivity contribution >= 4 is 17.8 Å². The van der Waals surface area contributed by atoms with Crippen molar-refractivity contribution in [3.05, 3.63) is 0 Å². The summed E-state index contributed by atoms with van der Waals surface area (Å²) >= 11 is 0. The zero-order valence-corrected chi connectivity index (χ0v) is 9.60. The number of carbonyl (C=O) groups excluding carboxylic acids is 2. The molecule has 1 rings (SSSR count).